The van der Waals surface area contributed by atoms with Crippen LogP contribution in [0.3, 0.4) is 0 Å². The summed E-state index contributed by atoms with van der Waals surface area (Å²) in [6.45, 7) is 3.86. The molecule has 1 N–H and O–H groups in total. The third-order valence-electron chi connectivity index (χ3n) is 2.98. The van der Waals surface area contributed by atoms with Crippen molar-refractivity contribution in [2.24, 2.45) is 0 Å². The molecule has 1 aromatic carbocycles. The molecule has 1 aromatic rings. The Morgan fingerprint density at radius 3 is 2.44 bits per heavy atom. The van der Waals surface area contributed by atoms with Gasteiger partial charge in [-0.2, -0.15) is 0 Å². The Kier molecular flexibility index (Phi) is 4.09. The Bertz CT molecular complexity index is 373. The molecule has 0 aliphatic heterocycles. The van der Waals surface area contributed by atoms with Gasteiger partial charge in [-0.3, -0.25) is 0 Å². The predicted octanol–water partition coefficient (Wildman–Crippen LogP) is 2.88. The second-order valence-electron chi connectivity index (χ2n) is 4.49. The lowest BCUT2D eigenvalue weighted by molar-refractivity contribution is 0.0927. The van der Waals surface area contributed by atoms with Crippen LogP contribution in [0, 0.1) is 18.2 Å². The fourth-order valence-corrected chi connectivity index (χ4v) is 1.65. The van der Waals surface area contributed by atoms with Gasteiger partial charge in [0, 0.05) is 11.8 Å². The van der Waals surface area contributed by atoms with Gasteiger partial charge in [-0.25, -0.2) is 4.39 Å². The third kappa shape index (κ3) is 2.84. The summed E-state index contributed by atoms with van der Waals surface area (Å²) in [5.74, 6) is 2.25. The van der Waals surface area contributed by atoms with E-state index in [0.29, 0.717) is 12.8 Å². The number of terminal acetylenes is 1. The molecule has 0 fully saturated rings. The largest absolute Gasteiger partial charge is 0.392 e. The maximum atomic E-state index is 12.8. The molecule has 1 nitrogen and oxygen atoms in total. The van der Waals surface area contributed by atoms with Gasteiger partial charge in [0.2, 0.25) is 0 Å². The van der Waals surface area contributed by atoms with Crippen molar-refractivity contribution >= 4 is 0 Å². The molecule has 0 heterocycles. The molecule has 0 bridgehead atoms. The van der Waals surface area contributed by atoms with Crippen molar-refractivity contribution in [1.82, 2.24) is 0 Å². The highest BCUT2D eigenvalue weighted by molar-refractivity contribution is 5.25. The van der Waals surface area contributed by atoms with Gasteiger partial charge in [-0.1, -0.05) is 26.0 Å². The zero-order valence-corrected chi connectivity index (χ0v) is 9.70. The molecule has 0 aromatic heterocycles. The van der Waals surface area contributed by atoms with E-state index in [9.17, 15) is 9.50 Å². The Morgan fingerprint density at radius 1 is 1.38 bits per heavy atom. The van der Waals surface area contributed by atoms with Gasteiger partial charge in [0.25, 0.3) is 0 Å². The molecule has 0 saturated heterocycles. The van der Waals surface area contributed by atoms with Gasteiger partial charge < -0.3 is 5.11 Å². The van der Waals surface area contributed by atoms with Crippen LogP contribution in [0.4, 0.5) is 4.39 Å². The molecule has 86 valence electrons. The summed E-state index contributed by atoms with van der Waals surface area (Å²) < 4.78 is 12.8. The summed E-state index contributed by atoms with van der Waals surface area (Å²) in [4.78, 5) is 0. The fourth-order valence-electron chi connectivity index (χ4n) is 1.65. The number of hydrogen-bond donors (Lipinski definition) is 1. The summed E-state index contributed by atoms with van der Waals surface area (Å²) in [6, 6.07) is 6.22. The first-order valence-corrected chi connectivity index (χ1v) is 5.36. The van der Waals surface area contributed by atoms with E-state index in [0.717, 1.165) is 5.56 Å². The summed E-state index contributed by atoms with van der Waals surface area (Å²) in [7, 11) is 0. The number of benzene rings is 1. The fraction of sp³-hybridized carbons (Fsp3) is 0.429. The molecular weight excluding hydrogens is 203 g/mol. The average molecular weight is 220 g/mol. The molecule has 2 heteroatoms. The van der Waals surface area contributed by atoms with Crippen LogP contribution < -0.4 is 0 Å². The molecular formula is C14H17FO. The molecule has 0 radical (unpaired) electrons. The van der Waals surface area contributed by atoms with Crippen molar-refractivity contribution < 1.29 is 9.50 Å². The minimum absolute atomic E-state index is 0.266. The number of rotatable bonds is 4. The summed E-state index contributed by atoms with van der Waals surface area (Å²) in [5.41, 5.74) is 0.503. The average Bonchev–Trinajstić information content (AvgIpc) is 2.26. The zero-order valence-electron chi connectivity index (χ0n) is 9.70. The first-order chi connectivity index (χ1) is 7.48. The maximum Gasteiger partial charge on any atom is 0.123 e. The molecule has 0 saturated carbocycles. The predicted molar refractivity (Wildman–Crippen MR) is 63.5 cm³/mol. The van der Waals surface area contributed by atoms with Crippen LogP contribution in [0.1, 0.15) is 32.3 Å². The number of hydrogen-bond acceptors (Lipinski definition) is 1. The lowest BCUT2D eigenvalue weighted by atomic mass is 9.78. The first-order valence-electron chi connectivity index (χ1n) is 5.36. The topological polar surface area (TPSA) is 20.2 Å². The van der Waals surface area contributed by atoms with E-state index >= 15 is 0 Å². The first kappa shape index (κ1) is 12.7. The quantitative estimate of drug-likeness (QED) is 0.773. The van der Waals surface area contributed by atoms with E-state index in [1.165, 1.54) is 12.1 Å². The van der Waals surface area contributed by atoms with Gasteiger partial charge in [0.1, 0.15) is 5.82 Å². The molecule has 0 aliphatic carbocycles. The molecule has 0 aliphatic rings. The normalized spacial score (nSPS) is 13.2. The smallest absolute Gasteiger partial charge is 0.123 e. The van der Waals surface area contributed by atoms with Gasteiger partial charge in [-0.15, -0.1) is 12.3 Å². The Morgan fingerprint density at radius 2 is 1.94 bits per heavy atom. The van der Waals surface area contributed by atoms with Crippen molar-refractivity contribution in [2.75, 3.05) is 0 Å². The minimum Gasteiger partial charge on any atom is -0.392 e. The van der Waals surface area contributed by atoms with Gasteiger partial charge >= 0.3 is 0 Å². The second kappa shape index (κ2) is 5.14. The highest BCUT2D eigenvalue weighted by Gasteiger charge is 2.29. The molecule has 0 spiro atoms. The van der Waals surface area contributed by atoms with E-state index in [4.69, 9.17) is 6.42 Å². The van der Waals surface area contributed by atoms with Crippen LogP contribution in [0.2, 0.25) is 0 Å². The highest BCUT2D eigenvalue weighted by atomic mass is 19.1. The van der Waals surface area contributed by atoms with Crippen molar-refractivity contribution in [3.63, 3.8) is 0 Å². The summed E-state index contributed by atoms with van der Waals surface area (Å²) in [5, 5.41) is 10.0. The summed E-state index contributed by atoms with van der Waals surface area (Å²) in [6.07, 6.45) is 5.75. The van der Waals surface area contributed by atoms with Crippen LogP contribution in [0.5, 0.6) is 0 Å². The van der Waals surface area contributed by atoms with E-state index in [1.807, 2.05) is 13.8 Å². The van der Waals surface area contributed by atoms with Crippen LogP contribution in [-0.2, 0) is 5.41 Å². The lowest BCUT2D eigenvalue weighted by Gasteiger charge is -2.30. The van der Waals surface area contributed by atoms with Crippen molar-refractivity contribution in [2.45, 2.75) is 38.2 Å². The van der Waals surface area contributed by atoms with E-state index < -0.39 is 11.5 Å². The van der Waals surface area contributed by atoms with Crippen LogP contribution in [0.15, 0.2) is 24.3 Å². The van der Waals surface area contributed by atoms with E-state index in [2.05, 4.69) is 5.92 Å². The Labute approximate surface area is 96.3 Å². The number of aliphatic hydroxyl groups excluding tert-OH is 1. The molecule has 1 unspecified atom stereocenters. The molecule has 1 rings (SSSR count). The van der Waals surface area contributed by atoms with Gasteiger partial charge in [0.15, 0.2) is 0 Å². The maximum absolute atomic E-state index is 12.8. The van der Waals surface area contributed by atoms with E-state index in [-0.39, 0.29) is 5.82 Å². The highest BCUT2D eigenvalue weighted by Crippen LogP contribution is 2.29. The number of aliphatic hydroxyl groups is 1. The monoisotopic (exact) mass is 220 g/mol. The number of halogens is 1. The lowest BCUT2D eigenvalue weighted by Crippen LogP contribution is -2.33. The van der Waals surface area contributed by atoms with Gasteiger partial charge in [0.05, 0.1) is 6.10 Å². The van der Waals surface area contributed by atoms with Crippen molar-refractivity contribution in [3.05, 3.63) is 35.6 Å². The van der Waals surface area contributed by atoms with Crippen LogP contribution in [0.25, 0.3) is 0 Å². The van der Waals surface area contributed by atoms with E-state index in [1.54, 1.807) is 12.1 Å². The van der Waals surface area contributed by atoms with Crippen molar-refractivity contribution in [1.29, 1.82) is 0 Å². The molecule has 16 heavy (non-hydrogen) atoms. The summed E-state index contributed by atoms with van der Waals surface area (Å²) >= 11 is 0. The van der Waals surface area contributed by atoms with Gasteiger partial charge in [-0.05, 0) is 24.1 Å². The zero-order chi connectivity index (χ0) is 12.2. The Balaban J connectivity index is 2.84. The second-order valence-corrected chi connectivity index (χ2v) is 4.49. The van der Waals surface area contributed by atoms with Crippen molar-refractivity contribution in [3.8, 4) is 12.3 Å². The van der Waals surface area contributed by atoms with Crippen LogP contribution >= 0.6 is 0 Å². The standard InChI is InChI=1S/C14H17FO/c1-4-5-6-13(16)14(2,3)11-7-9-12(15)10-8-11/h1,7-10,13,16H,5-6H2,2-3H3. The minimum atomic E-state index is -0.519. The SMILES string of the molecule is C#CCCC(O)C(C)(C)c1ccc(F)cc1. The molecule has 0 amide bonds. The molecule has 1 atom stereocenters. The third-order valence-corrected chi connectivity index (χ3v) is 2.98. The Hall–Kier alpha value is -1.33. The van der Waals surface area contributed by atoms with Crippen LogP contribution in [-0.4, -0.2) is 11.2 Å².